The molecule has 0 unspecified atom stereocenters. The Balaban J connectivity index is 1.98. The molecule has 0 saturated heterocycles. The van der Waals surface area contributed by atoms with E-state index >= 15 is 0 Å². The van der Waals surface area contributed by atoms with Crippen LogP contribution in [0.1, 0.15) is 17.5 Å². The smallest absolute Gasteiger partial charge is 0.225 e. The number of carbonyl (C=O) groups excluding carboxylic acids is 1. The van der Waals surface area contributed by atoms with E-state index in [-0.39, 0.29) is 23.0 Å². The fraction of sp³-hybridized carbons (Fsp3) is 0.235. The first-order valence-electron chi connectivity index (χ1n) is 7.03. The van der Waals surface area contributed by atoms with Crippen molar-refractivity contribution in [1.82, 2.24) is 0 Å². The average molecular weight is 317 g/mol. The molecule has 2 rings (SSSR count). The van der Waals surface area contributed by atoms with E-state index in [0.29, 0.717) is 5.69 Å². The van der Waals surface area contributed by atoms with Crippen molar-refractivity contribution in [2.45, 2.75) is 25.2 Å². The zero-order chi connectivity index (χ0) is 16.2. The molecule has 0 radical (unpaired) electrons. The van der Waals surface area contributed by atoms with Gasteiger partial charge in [-0.2, -0.15) is 0 Å². The van der Waals surface area contributed by atoms with Gasteiger partial charge in [-0.25, -0.2) is 8.42 Å². The molecule has 0 bridgehead atoms. The van der Waals surface area contributed by atoms with Gasteiger partial charge in [0.2, 0.25) is 5.91 Å². The maximum atomic E-state index is 12.1. The number of nitrogens with one attached hydrogen (secondary N) is 1. The molecular weight excluding hydrogens is 298 g/mol. The fourth-order valence-corrected chi connectivity index (χ4v) is 3.50. The van der Waals surface area contributed by atoms with Crippen LogP contribution < -0.4 is 5.32 Å². The lowest BCUT2D eigenvalue weighted by Gasteiger charge is -2.08. The highest BCUT2D eigenvalue weighted by Crippen LogP contribution is 2.15. The zero-order valence-corrected chi connectivity index (χ0v) is 13.5. The van der Waals surface area contributed by atoms with E-state index in [9.17, 15) is 13.2 Å². The molecule has 0 fully saturated rings. The third kappa shape index (κ3) is 4.43. The Kier molecular flexibility index (Phi) is 4.98. The predicted molar refractivity (Wildman–Crippen MR) is 87.7 cm³/mol. The quantitative estimate of drug-likeness (QED) is 0.921. The summed E-state index contributed by atoms with van der Waals surface area (Å²) in [4.78, 5) is 12.2. The SMILES string of the molecule is Cc1cc(C)cc(NC(=O)CCS(=O)(=O)c2ccccc2)c1. The topological polar surface area (TPSA) is 63.2 Å². The van der Waals surface area contributed by atoms with Crippen molar-refractivity contribution in [3.8, 4) is 0 Å². The minimum Gasteiger partial charge on any atom is -0.326 e. The van der Waals surface area contributed by atoms with Crippen LogP contribution in [0, 0.1) is 13.8 Å². The summed E-state index contributed by atoms with van der Waals surface area (Å²) in [6.07, 6.45) is -0.0653. The Morgan fingerprint density at radius 1 is 1.00 bits per heavy atom. The molecule has 4 nitrogen and oxygen atoms in total. The third-order valence-corrected chi connectivity index (χ3v) is 4.94. The Hall–Kier alpha value is -2.14. The lowest BCUT2D eigenvalue weighted by atomic mass is 10.1. The second-order valence-corrected chi connectivity index (χ2v) is 7.42. The summed E-state index contributed by atoms with van der Waals surface area (Å²) in [7, 11) is -3.42. The average Bonchev–Trinajstić information content (AvgIpc) is 2.45. The zero-order valence-electron chi connectivity index (χ0n) is 12.7. The largest absolute Gasteiger partial charge is 0.326 e. The first-order chi connectivity index (χ1) is 10.4. The van der Waals surface area contributed by atoms with E-state index < -0.39 is 9.84 Å². The Morgan fingerprint density at radius 2 is 1.59 bits per heavy atom. The first-order valence-corrected chi connectivity index (χ1v) is 8.68. The summed E-state index contributed by atoms with van der Waals surface area (Å²) < 4.78 is 24.2. The number of hydrogen-bond acceptors (Lipinski definition) is 3. The minimum atomic E-state index is -3.42. The van der Waals surface area contributed by atoms with Gasteiger partial charge in [0.1, 0.15) is 0 Å². The third-order valence-electron chi connectivity index (χ3n) is 3.21. The molecule has 0 aromatic heterocycles. The van der Waals surface area contributed by atoms with Gasteiger partial charge in [0.25, 0.3) is 0 Å². The highest BCUT2D eigenvalue weighted by Gasteiger charge is 2.16. The molecule has 0 heterocycles. The van der Waals surface area contributed by atoms with Crippen LogP contribution in [0.25, 0.3) is 0 Å². The number of aryl methyl sites for hydroxylation is 2. The van der Waals surface area contributed by atoms with Crippen LogP contribution in [0.2, 0.25) is 0 Å². The van der Waals surface area contributed by atoms with E-state index in [1.54, 1.807) is 18.2 Å². The van der Waals surface area contributed by atoms with Crippen molar-refractivity contribution in [2.24, 2.45) is 0 Å². The number of rotatable bonds is 5. The number of amides is 1. The minimum absolute atomic E-state index is 0.0653. The second kappa shape index (κ2) is 6.75. The highest BCUT2D eigenvalue weighted by atomic mass is 32.2. The van der Waals surface area contributed by atoms with Gasteiger partial charge in [-0.05, 0) is 49.2 Å². The summed E-state index contributed by atoms with van der Waals surface area (Å²) in [6.45, 7) is 3.89. The first kappa shape index (κ1) is 16.2. The van der Waals surface area contributed by atoms with Crippen LogP contribution in [-0.4, -0.2) is 20.1 Å². The van der Waals surface area contributed by atoms with Crippen molar-refractivity contribution < 1.29 is 13.2 Å². The lowest BCUT2D eigenvalue weighted by molar-refractivity contribution is -0.115. The number of sulfone groups is 1. The number of benzene rings is 2. The normalized spacial score (nSPS) is 11.2. The van der Waals surface area contributed by atoms with Crippen molar-refractivity contribution in [3.63, 3.8) is 0 Å². The molecule has 0 aliphatic rings. The van der Waals surface area contributed by atoms with E-state index in [1.807, 2.05) is 32.0 Å². The summed E-state index contributed by atoms with van der Waals surface area (Å²) in [6, 6.07) is 13.9. The molecule has 0 spiro atoms. The van der Waals surface area contributed by atoms with Crippen LogP contribution in [0.5, 0.6) is 0 Å². The van der Waals surface area contributed by atoms with E-state index in [2.05, 4.69) is 5.32 Å². The van der Waals surface area contributed by atoms with Gasteiger partial charge in [-0.15, -0.1) is 0 Å². The van der Waals surface area contributed by atoms with E-state index in [1.165, 1.54) is 12.1 Å². The van der Waals surface area contributed by atoms with Crippen molar-refractivity contribution >= 4 is 21.4 Å². The summed E-state index contributed by atoms with van der Waals surface area (Å²) in [5.74, 6) is -0.502. The number of hydrogen-bond donors (Lipinski definition) is 1. The number of anilines is 1. The monoisotopic (exact) mass is 317 g/mol. The molecule has 22 heavy (non-hydrogen) atoms. The van der Waals surface area contributed by atoms with Crippen LogP contribution in [0.3, 0.4) is 0 Å². The molecule has 0 saturated carbocycles. The van der Waals surface area contributed by atoms with Gasteiger partial charge >= 0.3 is 0 Å². The van der Waals surface area contributed by atoms with Crippen molar-refractivity contribution in [2.75, 3.05) is 11.1 Å². The van der Waals surface area contributed by atoms with Crippen LogP contribution in [0.15, 0.2) is 53.4 Å². The molecule has 2 aromatic rings. The standard InChI is InChI=1S/C17H19NO3S/c1-13-10-14(2)12-15(11-13)18-17(19)8-9-22(20,21)16-6-4-3-5-7-16/h3-7,10-12H,8-9H2,1-2H3,(H,18,19). The lowest BCUT2D eigenvalue weighted by Crippen LogP contribution is -2.17. The van der Waals surface area contributed by atoms with Gasteiger partial charge in [-0.3, -0.25) is 4.79 Å². The van der Waals surface area contributed by atoms with Crippen molar-refractivity contribution in [1.29, 1.82) is 0 Å². The molecule has 1 N–H and O–H groups in total. The fourth-order valence-electron chi connectivity index (χ4n) is 2.24. The van der Waals surface area contributed by atoms with Crippen LogP contribution in [-0.2, 0) is 14.6 Å². The maximum absolute atomic E-state index is 12.1. The molecule has 0 aliphatic carbocycles. The van der Waals surface area contributed by atoms with Crippen LogP contribution >= 0.6 is 0 Å². The van der Waals surface area contributed by atoms with E-state index in [4.69, 9.17) is 0 Å². The van der Waals surface area contributed by atoms with Gasteiger partial charge in [-0.1, -0.05) is 24.3 Å². The second-order valence-electron chi connectivity index (χ2n) is 5.31. The molecular formula is C17H19NO3S. The Morgan fingerprint density at radius 3 is 2.18 bits per heavy atom. The van der Waals surface area contributed by atoms with Crippen molar-refractivity contribution in [3.05, 3.63) is 59.7 Å². The van der Waals surface area contributed by atoms with E-state index in [0.717, 1.165) is 11.1 Å². The maximum Gasteiger partial charge on any atom is 0.225 e. The number of carbonyl (C=O) groups is 1. The van der Waals surface area contributed by atoms with Gasteiger partial charge in [0.15, 0.2) is 9.84 Å². The summed E-state index contributed by atoms with van der Waals surface area (Å²) >= 11 is 0. The Labute approximate surface area is 131 Å². The molecule has 5 heteroatoms. The molecule has 2 aromatic carbocycles. The van der Waals surface area contributed by atoms with Gasteiger partial charge < -0.3 is 5.32 Å². The van der Waals surface area contributed by atoms with Gasteiger partial charge in [0, 0.05) is 12.1 Å². The summed E-state index contributed by atoms with van der Waals surface area (Å²) in [5, 5.41) is 2.74. The van der Waals surface area contributed by atoms with Crippen LogP contribution in [0.4, 0.5) is 5.69 Å². The highest BCUT2D eigenvalue weighted by molar-refractivity contribution is 7.91. The molecule has 0 aliphatic heterocycles. The van der Waals surface area contributed by atoms with Gasteiger partial charge in [0.05, 0.1) is 10.6 Å². The Bertz CT molecular complexity index is 747. The summed E-state index contributed by atoms with van der Waals surface area (Å²) in [5.41, 5.74) is 2.79. The molecule has 0 atom stereocenters. The predicted octanol–water partition coefficient (Wildman–Crippen LogP) is 3.11. The molecule has 116 valence electrons. The molecule has 1 amide bonds.